The number of aromatic nitrogens is 3. The number of carbonyl (C=O) groups is 1. The van der Waals surface area contributed by atoms with Crippen molar-refractivity contribution >= 4 is 17.4 Å². The number of nitrogens with zero attached hydrogens (tertiary/aromatic N) is 5. The maximum Gasteiger partial charge on any atom is 0.423 e. The van der Waals surface area contributed by atoms with Crippen molar-refractivity contribution in [1.82, 2.24) is 20.1 Å². The van der Waals surface area contributed by atoms with Gasteiger partial charge in [0.1, 0.15) is 17.5 Å². The summed E-state index contributed by atoms with van der Waals surface area (Å²) in [6.07, 6.45) is -1.02. The molecule has 1 fully saturated rings. The third-order valence-corrected chi connectivity index (χ3v) is 5.00. The van der Waals surface area contributed by atoms with Gasteiger partial charge in [-0.2, -0.15) is 23.5 Å². The van der Waals surface area contributed by atoms with Gasteiger partial charge in [-0.15, -0.1) is 0 Å². The molecule has 0 radical (unpaired) electrons. The fourth-order valence-corrected chi connectivity index (χ4v) is 3.32. The van der Waals surface area contributed by atoms with Crippen LogP contribution < -0.4 is 15.8 Å². The number of amides is 1. The monoisotopic (exact) mass is 509 g/mol. The van der Waals surface area contributed by atoms with Crippen LogP contribution in [-0.4, -0.2) is 71.9 Å². The highest BCUT2D eigenvalue weighted by Gasteiger charge is 2.37. The minimum absolute atomic E-state index is 0.0126. The first kappa shape index (κ1) is 28.6. The average Bonchev–Trinajstić information content (AvgIpc) is 2.86. The summed E-state index contributed by atoms with van der Waals surface area (Å²) in [5.74, 6) is 0.676. The normalized spacial score (nSPS) is 13.4. The number of nitriles is 1. The topological polar surface area (TPSA) is 127 Å². The molecule has 2 N–H and O–H groups in total. The fourth-order valence-electron chi connectivity index (χ4n) is 3.32. The molecular weight excluding hydrogens is 479 g/mol. The van der Waals surface area contributed by atoms with Crippen molar-refractivity contribution in [3.8, 4) is 6.07 Å². The van der Waals surface area contributed by atoms with Crippen molar-refractivity contribution in [3.63, 3.8) is 0 Å². The van der Waals surface area contributed by atoms with Crippen molar-refractivity contribution < 1.29 is 22.7 Å². The number of ether oxygens (including phenoxy) is 1. The van der Waals surface area contributed by atoms with Crippen LogP contribution in [0.5, 0.6) is 0 Å². The standard InChI is InChI=1S/C20H22F3N7O3.C3H8/c21-20(22,23)18-15(13-27-28-19(18)32)25-4-10-33-9-3-17(31)30-7-5-29(6-8-30)16-2-1-14(11-24)12-26-16;1-3-2/h1-2,12-13H,3-10H2,(H2,25,28,32);3H2,1-2H3. The van der Waals surface area contributed by atoms with E-state index in [2.05, 4.69) is 29.2 Å². The molecule has 0 aromatic carbocycles. The summed E-state index contributed by atoms with van der Waals surface area (Å²) in [5.41, 5.74) is -2.62. The molecule has 1 saturated heterocycles. The number of hydrogen-bond acceptors (Lipinski definition) is 8. The van der Waals surface area contributed by atoms with E-state index in [1.54, 1.807) is 22.1 Å². The van der Waals surface area contributed by atoms with E-state index >= 15 is 0 Å². The molecule has 1 aliphatic heterocycles. The van der Waals surface area contributed by atoms with E-state index in [4.69, 9.17) is 10.00 Å². The van der Waals surface area contributed by atoms with Crippen LogP contribution in [0.3, 0.4) is 0 Å². The molecule has 10 nitrogen and oxygen atoms in total. The molecule has 0 aliphatic carbocycles. The van der Waals surface area contributed by atoms with Gasteiger partial charge in [-0.3, -0.25) is 9.59 Å². The number of halogens is 3. The second kappa shape index (κ2) is 14.0. The molecule has 1 amide bonds. The SMILES string of the molecule is CCC.N#Cc1ccc(N2CCN(C(=O)CCOCCNc3cn[nH]c(=O)c3C(F)(F)F)CC2)nc1. The van der Waals surface area contributed by atoms with Crippen molar-refractivity contribution in [1.29, 1.82) is 5.26 Å². The summed E-state index contributed by atoms with van der Waals surface area (Å²) in [6.45, 7) is 6.71. The molecule has 1 aliphatic rings. The van der Waals surface area contributed by atoms with Crippen LogP contribution >= 0.6 is 0 Å². The third kappa shape index (κ3) is 8.53. The predicted molar refractivity (Wildman–Crippen MR) is 127 cm³/mol. The lowest BCUT2D eigenvalue weighted by atomic mass is 10.2. The molecule has 13 heteroatoms. The molecule has 36 heavy (non-hydrogen) atoms. The molecular formula is C23H30F3N7O3. The second-order valence-corrected chi connectivity index (χ2v) is 7.87. The molecule has 0 spiro atoms. The summed E-state index contributed by atoms with van der Waals surface area (Å²) in [6, 6.07) is 5.49. The van der Waals surface area contributed by atoms with E-state index < -0.39 is 23.0 Å². The summed E-state index contributed by atoms with van der Waals surface area (Å²) in [4.78, 5) is 31.8. The second-order valence-electron chi connectivity index (χ2n) is 7.87. The van der Waals surface area contributed by atoms with Crippen LogP contribution in [0.25, 0.3) is 0 Å². The smallest absolute Gasteiger partial charge is 0.381 e. The van der Waals surface area contributed by atoms with Gasteiger partial charge in [0.25, 0.3) is 5.56 Å². The van der Waals surface area contributed by atoms with E-state index in [1.165, 1.54) is 12.6 Å². The van der Waals surface area contributed by atoms with Gasteiger partial charge in [0.2, 0.25) is 5.91 Å². The van der Waals surface area contributed by atoms with Gasteiger partial charge in [0, 0.05) is 38.9 Å². The number of H-pyrrole nitrogens is 1. The zero-order valence-corrected chi connectivity index (χ0v) is 20.3. The van der Waals surface area contributed by atoms with Crippen molar-refractivity contribution in [2.24, 2.45) is 0 Å². The van der Waals surface area contributed by atoms with Gasteiger partial charge >= 0.3 is 6.18 Å². The van der Waals surface area contributed by atoms with E-state index in [9.17, 15) is 22.8 Å². The highest BCUT2D eigenvalue weighted by atomic mass is 19.4. The molecule has 0 atom stereocenters. The van der Waals surface area contributed by atoms with E-state index in [0.717, 1.165) is 12.0 Å². The summed E-state index contributed by atoms with van der Waals surface area (Å²) < 4.78 is 44.3. The largest absolute Gasteiger partial charge is 0.423 e. The minimum Gasteiger partial charge on any atom is -0.381 e. The highest BCUT2D eigenvalue weighted by molar-refractivity contribution is 5.76. The molecule has 2 aromatic rings. The van der Waals surface area contributed by atoms with Crippen molar-refractivity contribution in [2.45, 2.75) is 32.9 Å². The Labute approximate surface area is 207 Å². The molecule has 0 saturated carbocycles. The Morgan fingerprint density at radius 3 is 2.47 bits per heavy atom. The van der Waals surface area contributed by atoms with E-state index in [0.29, 0.717) is 31.7 Å². The Balaban J connectivity index is 0.00000145. The number of carbonyl (C=O) groups excluding carboxylic acids is 1. The van der Waals surface area contributed by atoms with Gasteiger partial charge in [0.05, 0.1) is 37.1 Å². The van der Waals surface area contributed by atoms with Gasteiger partial charge in [0.15, 0.2) is 0 Å². The average molecular weight is 510 g/mol. The van der Waals surface area contributed by atoms with Crippen LogP contribution in [0.4, 0.5) is 24.7 Å². The molecule has 3 rings (SSSR count). The Hall–Kier alpha value is -3.66. The number of rotatable bonds is 8. The van der Waals surface area contributed by atoms with Crippen molar-refractivity contribution in [2.75, 3.05) is 56.2 Å². The molecule has 2 aromatic heterocycles. The number of hydrogen-bond donors (Lipinski definition) is 2. The first-order valence-corrected chi connectivity index (χ1v) is 11.6. The Morgan fingerprint density at radius 1 is 1.19 bits per heavy atom. The zero-order valence-electron chi connectivity index (χ0n) is 20.3. The summed E-state index contributed by atoms with van der Waals surface area (Å²) in [5, 5.41) is 16.5. The van der Waals surface area contributed by atoms with Gasteiger partial charge in [-0.1, -0.05) is 20.3 Å². The number of alkyl halides is 3. The number of anilines is 2. The van der Waals surface area contributed by atoms with E-state index in [-0.39, 0.29) is 32.1 Å². The number of aromatic amines is 1. The summed E-state index contributed by atoms with van der Waals surface area (Å²) >= 11 is 0. The number of piperazine rings is 1. The van der Waals surface area contributed by atoms with Crippen molar-refractivity contribution in [3.05, 3.63) is 46.0 Å². The van der Waals surface area contributed by atoms with Gasteiger partial charge in [-0.05, 0) is 12.1 Å². The minimum atomic E-state index is -4.81. The molecule has 196 valence electrons. The lowest BCUT2D eigenvalue weighted by Gasteiger charge is -2.35. The Kier molecular flexibility index (Phi) is 11.1. The zero-order chi connectivity index (χ0) is 26.6. The van der Waals surface area contributed by atoms with Crippen LogP contribution in [-0.2, 0) is 15.7 Å². The van der Waals surface area contributed by atoms with Crippen LogP contribution in [0, 0.1) is 11.3 Å². The Bertz CT molecular complexity index is 1060. The first-order valence-electron chi connectivity index (χ1n) is 11.6. The maximum atomic E-state index is 13.0. The van der Waals surface area contributed by atoms with Gasteiger partial charge < -0.3 is 19.9 Å². The molecule has 3 heterocycles. The van der Waals surface area contributed by atoms with Crippen LogP contribution in [0.1, 0.15) is 37.8 Å². The van der Waals surface area contributed by atoms with Crippen LogP contribution in [0.2, 0.25) is 0 Å². The number of nitrogens with one attached hydrogen (secondary N) is 2. The van der Waals surface area contributed by atoms with E-state index in [1.807, 2.05) is 11.0 Å². The maximum absolute atomic E-state index is 13.0. The predicted octanol–water partition coefficient (Wildman–Crippen LogP) is 2.64. The first-order chi connectivity index (χ1) is 17.2. The lowest BCUT2D eigenvalue weighted by molar-refractivity contribution is -0.138. The quantitative estimate of drug-likeness (QED) is 0.520. The summed E-state index contributed by atoms with van der Waals surface area (Å²) in [7, 11) is 0. The molecule has 0 unspecified atom stereocenters. The Morgan fingerprint density at radius 2 is 1.89 bits per heavy atom. The molecule has 0 bridgehead atoms. The lowest BCUT2D eigenvalue weighted by Crippen LogP contribution is -2.49. The highest BCUT2D eigenvalue weighted by Crippen LogP contribution is 2.31. The fraction of sp³-hybridized carbons (Fsp3) is 0.522. The number of pyridine rings is 1. The van der Waals surface area contributed by atoms with Crippen LogP contribution in [0.15, 0.2) is 29.3 Å². The van der Waals surface area contributed by atoms with Gasteiger partial charge in [-0.25, -0.2) is 10.1 Å². The third-order valence-electron chi connectivity index (χ3n) is 5.00.